The van der Waals surface area contributed by atoms with Crippen LogP contribution in [0.4, 0.5) is 0 Å². The first-order chi connectivity index (χ1) is 7.54. The maximum atomic E-state index is 11.5. The Hall–Kier alpha value is -0.730. The van der Waals surface area contributed by atoms with E-state index in [0.717, 1.165) is 12.0 Å². The van der Waals surface area contributed by atoms with Crippen LogP contribution in [0.25, 0.3) is 0 Å². The molecule has 0 heterocycles. The van der Waals surface area contributed by atoms with Crippen LogP contribution in [0.5, 0.6) is 0 Å². The van der Waals surface area contributed by atoms with Crippen molar-refractivity contribution < 1.29 is 4.79 Å². The molecule has 0 aromatic heterocycles. The Bertz CT molecular complexity index is 379. The molecule has 1 unspecified atom stereocenters. The summed E-state index contributed by atoms with van der Waals surface area (Å²) in [6.45, 7) is 4.33. The first kappa shape index (κ1) is 13.3. The maximum absolute atomic E-state index is 11.5. The molecule has 1 N–H and O–H groups in total. The van der Waals surface area contributed by atoms with Gasteiger partial charge in [0.15, 0.2) is 0 Å². The van der Waals surface area contributed by atoms with E-state index < -0.39 is 0 Å². The molecule has 88 valence electrons. The molecule has 2 nitrogen and oxygen atoms in total. The van der Waals surface area contributed by atoms with Gasteiger partial charge in [0, 0.05) is 22.5 Å². The summed E-state index contributed by atoms with van der Waals surface area (Å²) in [5, 5.41) is 4.02. The van der Waals surface area contributed by atoms with Crippen molar-refractivity contribution >= 4 is 29.1 Å². The Labute approximate surface area is 106 Å². The van der Waals surface area contributed by atoms with Gasteiger partial charge in [-0.3, -0.25) is 4.79 Å². The lowest BCUT2D eigenvalue weighted by Gasteiger charge is -2.10. The first-order valence-electron chi connectivity index (χ1n) is 5.26. The van der Waals surface area contributed by atoms with E-state index in [1.807, 2.05) is 19.9 Å². The van der Waals surface area contributed by atoms with Gasteiger partial charge in [-0.2, -0.15) is 0 Å². The molecule has 0 aliphatic carbocycles. The fraction of sp³-hybridized carbons (Fsp3) is 0.417. The molecule has 0 saturated heterocycles. The summed E-state index contributed by atoms with van der Waals surface area (Å²) in [6.07, 6.45) is 0.834. The highest BCUT2D eigenvalue weighted by Gasteiger charge is 2.10. The van der Waals surface area contributed by atoms with Gasteiger partial charge in [-0.15, -0.1) is 0 Å². The van der Waals surface area contributed by atoms with Crippen LogP contribution in [0.2, 0.25) is 10.0 Å². The fourth-order valence-corrected chi connectivity index (χ4v) is 1.68. The third-order valence-electron chi connectivity index (χ3n) is 2.53. The molecule has 1 amide bonds. The molecule has 1 rings (SSSR count). The lowest BCUT2D eigenvalue weighted by atomic mass is 10.1. The quantitative estimate of drug-likeness (QED) is 0.879. The van der Waals surface area contributed by atoms with E-state index in [1.54, 1.807) is 12.1 Å². The zero-order valence-corrected chi connectivity index (χ0v) is 10.9. The highest BCUT2D eigenvalue weighted by atomic mass is 35.5. The number of rotatable bonds is 4. The Balaban J connectivity index is 2.58. The van der Waals surface area contributed by atoms with Gasteiger partial charge in [0.2, 0.25) is 5.91 Å². The molecule has 1 aromatic rings. The number of hydrogen-bond acceptors (Lipinski definition) is 1. The third-order valence-corrected chi connectivity index (χ3v) is 3.12. The van der Waals surface area contributed by atoms with Crippen molar-refractivity contribution in [2.75, 3.05) is 0 Å². The third kappa shape index (κ3) is 3.69. The van der Waals surface area contributed by atoms with Gasteiger partial charge in [0.25, 0.3) is 0 Å². The number of nitrogens with one attached hydrogen (secondary N) is 1. The average Bonchev–Trinajstić information content (AvgIpc) is 2.26. The van der Waals surface area contributed by atoms with E-state index in [0.29, 0.717) is 16.6 Å². The average molecular weight is 260 g/mol. The smallest absolute Gasteiger partial charge is 0.223 e. The summed E-state index contributed by atoms with van der Waals surface area (Å²) < 4.78 is 0. The van der Waals surface area contributed by atoms with Crippen LogP contribution in [-0.4, -0.2) is 5.91 Å². The Morgan fingerprint density at radius 1 is 1.44 bits per heavy atom. The molecule has 4 heteroatoms. The van der Waals surface area contributed by atoms with Gasteiger partial charge in [-0.25, -0.2) is 0 Å². The lowest BCUT2D eigenvalue weighted by molar-refractivity contribution is -0.124. The number of halogens is 2. The minimum Gasteiger partial charge on any atom is -0.352 e. The molecule has 0 spiro atoms. The van der Waals surface area contributed by atoms with E-state index in [1.165, 1.54) is 0 Å². The van der Waals surface area contributed by atoms with Gasteiger partial charge in [-0.1, -0.05) is 43.1 Å². The monoisotopic (exact) mass is 259 g/mol. The summed E-state index contributed by atoms with van der Waals surface area (Å²) in [6, 6.07) is 5.26. The summed E-state index contributed by atoms with van der Waals surface area (Å²) in [7, 11) is 0. The van der Waals surface area contributed by atoms with Crippen LogP contribution in [0, 0.1) is 5.92 Å². The van der Waals surface area contributed by atoms with Gasteiger partial charge in [-0.05, 0) is 24.1 Å². The zero-order chi connectivity index (χ0) is 12.1. The predicted molar refractivity (Wildman–Crippen MR) is 67.8 cm³/mol. The number of benzene rings is 1. The number of amides is 1. The van der Waals surface area contributed by atoms with E-state index >= 15 is 0 Å². The van der Waals surface area contributed by atoms with Crippen molar-refractivity contribution in [2.24, 2.45) is 5.92 Å². The second-order valence-electron chi connectivity index (χ2n) is 3.76. The van der Waals surface area contributed by atoms with Crippen molar-refractivity contribution in [3.05, 3.63) is 33.8 Å². The number of carbonyl (C=O) groups is 1. The maximum Gasteiger partial charge on any atom is 0.223 e. The summed E-state index contributed by atoms with van der Waals surface area (Å²) >= 11 is 11.8. The van der Waals surface area contributed by atoms with Crippen molar-refractivity contribution in [2.45, 2.75) is 26.8 Å². The predicted octanol–water partition coefficient (Wildman–Crippen LogP) is 3.66. The second-order valence-corrected chi connectivity index (χ2v) is 4.61. The van der Waals surface area contributed by atoms with E-state index in [-0.39, 0.29) is 11.8 Å². The van der Waals surface area contributed by atoms with Crippen LogP contribution in [-0.2, 0) is 11.3 Å². The summed E-state index contributed by atoms with van der Waals surface area (Å²) in [5.41, 5.74) is 0.878. The molecular weight excluding hydrogens is 245 g/mol. The number of carbonyl (C=O) groups excluding carboxylic acids is 1. The SMILES string of the molecule is CCC(C)C(=O)NCc1ccc(Cl)cc1Cl. The van der Waals surface area contributed by atoms with E-state index in [9.17, 15) is 4.79 Å². The van der Waals surface area contributed by atoms with Gasteiger partial charge >= 0.3 is 0 Å². The summed E-state index contributed by atoms with van der Waals surface area (Å²) in [5.74, 6) is 0.0830. The van der Waals surface area contributed by atoms with Crippen LogP contribution >= 0.6 is 23.2 Å². The summed E-state index contributed by atoms with van der Waals surface area (Å²) in [4.78, 5) is 11.5. The van der Waals surface area contributed by atoms with E-state index in [2.05, 4.69) is 5.32 Å². The molecule has 0 aliphatic heterocycles. The Morgan fingerprint density at radius 3 is 2.69 bits per heavy atom. The van der Waals surface area contributed by atoms with Crippen LogP contribution in [0.15, 0.2) is 18.2 Å². The van der Waals surface area contributed by atoms with Crippen molar-refractivity contribution in [1.82, 2.24) is 5.32 Å². The zero-order valence-electron chi connectivity index (χ0n) is 9.39. The van der Waals surface area contributed by atoms with E-state index in [4.69, 9.17) is 23.2 Å². The van der Waals surface area contributed by atoms with Crippen LogP contribution in [0.3, 0.4) is 0 Å². The number of hydrogen-bond donors (Lipinski definition) is 1. The minimum absolute atomic E-state index is 0.0334. The van der Waals surface area contributed by atoms with Crippen molar-refractivity contribution in [1.29, 1.82) is 0 Å². The Kier molecular flexibility index (Phi) is 5.10. The largest absolute Gasteiger partial charge is 0.352 e. The first-order valence-corrected chi connectivity index (χ1v) is 6.01. The molecule has 0 saturated carbocycles. The highest BCUT2D eigenvalue weighted by molar-refractivity contribution is 6.35. The fourth-order valence-electron chi connectivity index (χ4n) is 1.21. The van der Waals surface area contributed by atoms with Crippen LogP contribution < -0.4 is 5.32 Å². The molecule has 0 fully saturated rings. The topological polar surface area (TPSA) is 29.1 Å². The van der Waals surface area contributed by atoms with Gasteiger partial charge in [0.05, 0.1) is 0 Å². The molecule has 0 radical (unpaired) electrons. The van der Waals surface area contributed by atoms with Gasteiger partial charge in [0.1, 0.15) is 0 Å². The molecule has 1 atom stereocenters. The second kappa shape index (κ2) is 6.12. The standard InChI is InChI=1S/C12H15Cl2NO/c1-3-8(2)12(16)15-7-9-4-5-10(13)6-11(9)14/h4-6,8H,3,7H2,1-2H3,(H,15,16). The molecule has 1 aromatic carbocycles. The molecular formula is C12H15Cl2NO. The lowest BCUT2D eigenvalue weighted by Crippen LogP contribution is -2.28. The highest BCUT2D eigenvalue weighted by Crippen LogP contribution is 2.20. The molecule has 0 bridgehead atoms. The normalized spacial score (nSPS) is 12.2. The van der Waals surface area contributed by atoms with Crippen molar-refractivity contribution in [3.63, 3.8) is 0 Å². The van der Waals surface area contributed by atoms with Crippen LogP contribution in [0.1, 0.15) is 25.8 Å². The van der Waals surface area contributed by atoms with Crippen molar-refractivity contribution in [3.8, 4) is 0 Å². The molecule has 0 aliphatic rings. The van der Waals surface area contributed by atoms with Gasteiger partial charge < -0.3 is 5.32 Å². The molecule has 16 heavy (non-hydrogen) atoms. The minimum atomic E-state index is 0.0334. The Morgan fingerprint density at radius 2 is 2.12 bits per heavy atom.